The summed E-state index contributed by atoms with van der Waals surface area (Å²) in [5, 5.41) is 0. The molecule has 1 spiro atoms. The lowest BCUT2D eigenvalue weighted by molar-refractivity contribution is -0.138. The Kier molecular flexibility index (Phi) is 7.50. The number of carbonyl (C=O) groups excluding carboxylic acids is 2. The van der Waals surface area contributed by atoms with Gasteiger partial charge in [-0.15, -0.1) is 0 Å². The molecule has 1 aromatic rings. The number of benzene rings is 1. The fourth-order valence-electron chi connectivity index (χ4n) is 4.23. The molecule has 3 rings (SSSR count). The number of ether oxygens (including phenoxy) is 3. The van der Waals surface area contributed by atoms with E-state index in [4.69, 9.17) is 14.2 Å². The van der Waals surface area contributed by atoms with Crippen molar-refractivity contribution in [1.82, 2.24) is 9.80 Å². The van der Waals surface area contributed by atoms with Gasteiger partial charge in [0.25, 0.3) is 0 Å². The van der Waals surface area contributed by atoms with E-state index in [9.17, 15) is 9.59 Å². The van der Waals surface area contributed by atoms with Crippen LogP contribution >= 0.6 is 0 Å². The monoisotopic (exact) mass is 404 g/mol. The molecule has 0 aromatic heterocycles. The molecule has 2 aliphatic rings. The van der Waals surface area contributed by atoms with E-state index in [1.165, 1.54) is 0 Å². The number of nitrogens with zero attached hydrogens (tertiary/aromatic N) is 2. The fourth-order valence-corrected chi connectivity index (χ4v) is 4.23. The first-order chi connectivity index (χ1) is 14.1. The molecule has 0 bridgehead atoms. The van der Waals surface area contributed by atoms with Crippen LogP contribution in [0.25, 0.3) is 0 Å². The lowest BCUT2D eigenvalue weighted by Gasteiger charge is -2.40. The summed E-state index contributed by atoms with van der Waals surface area (Å²) in [6.07, 6.45) is 3.03. The lowest BCUT2D eigenvalue weighted by Crippen LogP contribution is -2.57. The van der Waals surface area contributed by atoms with Crippen LogP contribution in [0.5, 0.6) is 5.75 Å². The summed E-state index contributed by atoms with van der Waals surface area (Å²) in [6.45, 7) is 3.40. The van der Waals surface area contributed by atoms with E-state index in [1.807, 2.05) is 34.1 Å². The van der Waals surface area contributed by atoms with Gasteiger partial charge in [-0.3, -0.25) is 9.59 Å². The molecule has 2 fully saturated rings. The molecule has 1 unspecified atom stereocenters. The Balaban J connectivity index is 1.64. The van der Waals surface area contributed by atoms with Crippen molar-refractivity contribution < 1.29 is 23.8 Å². The molecule has 29 heavy (non-hydrogen) atoms. The van der Waals surface area contributed by atoms with Crippen LogP contribution in [-0.4, -0.2) is 80.8 Å². The third kappa shape index (κ3) is 5.28. The van der Waals surface area contributed by atoms with Gasteiger partial charge in [-0.2, -0.15) is 0 Å². The van der Waals surface area contributed by atoms with E-state index in [-0.39, 0.29) is 11.8 Å². The Morgan fingerprint density at radius 2 is 2.03 bits per heavy atom. The molecule has 0 aliphatic carbocycles. The van der Waals surface area contributed by atoms with Crippen molar-refractivity contribution >= 4 is 11.8 Å². The molecule has 1 atom stereocenters. The van der Waals surface area contributed by atoms with Gasteiger partial charge in [0.15, 0.2) is 0 Å². The average molecular weight is 405 g/mol. The zero-order valence-corrected chi connectivity index (χ0v) is 17.5. The second kappa shape index (κ2) is 10.1. The number of amides is 2. The first-order valence-corrected chi connectivity index (χ1v) is 10.4. The van der Waals surface area contributed by atoms with Crippen molar-refractivity contribution in [2.75, 3.05) is 53.7 Å². The summed E-state index contributed by atoms with van der Waals surface area (Å²) >= 11 is 0. The third-order valence-corrected chi connectivity index (χ3v) is 5.91. The van der Waals surface area contributed by atoms with Gasteiger partial charge in [-0.05, 0) is 37.0 Å². The summed E-state index contributed by atoms with van der Waals surface area (Å²) in [4.78, 5) is 29.7. The van der Waals surface area contributed by atoms with Crippen molar-refractivity contribution in [2.24, 2.45) is 0 Å². The lowest BCUT2D eigenvalue weighted by atomic mass is 9.95. The van der Waals surface area contributed by atoms with Gasteiger partial charge in [-0.1, -0.05) is 12.1 Å². The quantitative estimate of drug-likeness (QED) is 0.619. The number of rotatable bonds is 8. The summed E-state index contributed by atoms with van der Waals surface area (Å²) < 4.78 is 16.0. The second-order valence-corrected chi connectivity index (χ2v) is 7.83. The first-order valence-electron chi connectivity index (χ1n) is 10.4. The minimum absolute atomic E-state index is 0.0960. The van der Waals surface area contributed by atoms with Crippen LogP contribution in [-0.2, 0) is 25.5 Å². The zero-order chi connectivity index (χ0) is 20.7. The number of carbonyl (C=O) groups is 2. The highest BCUT2D eigenvalue weighted by atomic mass is 16.5. The van der Waals surface area contributed by atoms with Crippen molar-refractivity contribution in [3.05, 3.63) is 29.8 Å². The van der Waals surface area contributed by atoms with Crippen LogP contribution in [0.4, 0.5) is 0 Å². The van der Waals surface area contributed by atoms with Gasteiger partial charge in [0.05, 0.1) is 19.3 Å². The smallest absolute Gasteiger partial charge is 0.224 e. The summed E-state index contributed by atoms with van der Waals surface area (Å²) in [7, 11) is 3.31. The second-order valence-electron chi connectivity index (χ2n) is 7.83. The Morgan fingerprint density at radius 1 is 1.24 bits per heavy atom. The number of aryl methyl sites for hydroxylation is 1. The fraction of sp³-hybridized carbons (Fsp3) is 0.636. The zero-order valence-electron chi connectivity index (χ0n) is 17.5. The SMILES string of the molecule is COCCCN1C(=O)CCN(C(=O)CCc2ccc(OC)cc2)CC12CCOC2. The predicted octanol–water partition coefficient (Wildman–Crippen LogP) is 1.88. The molecule has 2 amide bonds. The van der Waals surface area contributed by atoms with E-state index in [0.29, 0.717) is 58.7 Å². The van der Waals surface area contributed by atoms with Crippen LogP contribution in [0.15, 0.2) is 24.3 Å². The topological polar surface area (TPSA) is 68.3 Å². The van der Waals surface area contributed by atoms with Crippen molar-refractivity contribution in [3.63, 3.8) is 0 Å². The van der Waals surface area contributed by atoms with Gasteiger partial charge in [0.2, 0.25) is 11.8 Å². The minimum Gasteiger partial charge on any atom is -0.497 e. The van der Waals surface area contributed by atoms with E-state index < -0.39 is 5.54 Å². The van der Waals surface area contributed by atoms with Gasteiger partial charge in [0, 0.05) is 52.8 Å². The van der Waals surface area contributed by atoms with Gasteiger partial charge >= 0.3 is 0 Å². The van der Waals surface area contributed by atoms with Crippen LogP contribution in [0.1, 0.15) is 31.2 Å². The third-order valence-electron chi connectivity index (χ3n) is 5.91. The standard InChI is InChI=1S/C22H32N2O5/c1-27-14-3-12-24-21(26)10-13-23(16-22(24)11-15-29-17-22)20(25)9-6-18-4-7-19(28-2)8-5-18/h4-5,7-8H,3,6,9-17H2,1-2H3. The molecule has 0 N–H and O–H groups in total. The van der Waals surface area contributed by atoms with E-state index in [0.717, 1.165) is 24.2 Å². The number of hydrogen-bond donors (Lipinski definition) is 0. The molecule has 2 saturated heterocycles. The number of hydrogen-bond acceptors (Lipinski definition) is 5. The van der Waals surface area contributed by atoms with Gasteiger partial charge < -0.3 is 24.0 Å². The van der Waals surface area contributed by atoms with Crippen LogP contribution in [0.2, 0.25) is 0 Å². The molecule has 7 nitrogen and oxygen atoms in total. The molecule has 0 saturated carbocycles. The highest BCUT2D eigenvalue weighted by Crippen LogP contribution is 2.31. The molecule has 160 valence electrons. The maximum Gasteiger partial charge on any atom is 0.224 e. The van der Waals surface area contributed by atoms with E-state index >= 15 is 0 Å². The summed E-state index contributed by atoms with van der Waals surface area (Å²) in [5.74, 6) is 1.01. The molecular formula is C22H32N2O5. The van der Waals surface area contributed by atoms with Gasteiger partial charge in [-0.25, -0.2) is 0 Å². The average Bonchev–Trinajstić information content (AvgIpc) is 3.16. The predicted molar refractivity (Wildman–Crippen MR) is 109 cm³/mol. The maximum atomic E-state index is 13.0. The normalized spacial score (nSPS) is 22.2. The van der Waals surface area contributed by atoms with E-state index in [2.05, 4.69) is 0 Å². The molecular weight excluding hydrogens is 372 g/mol. The Labute approximate surface area is 172 Å². The molecule has 0 radical (unpaired) electrons. The summed E-state index contributed by atoms with van der Waals surface area (Å²) in [5.41, 5.74) is 0.696. The molecule has 2 heterocycles. The van der Waals surface area contributed by atoms with Crippen molar-refractivity contribution in [1.29, 1.82) is 0 Å². The summed E-state index contributed by atoms with van der Waals surface area (Å²) in [6, 6.07) is 7.80. The molecule has 2 aliphatic heterocycles. The Morgan fingerprint density at radius 3 is 2.69 bits per heavy atom. The number of methoxy groups -OCH3 is 2. The first kappa shape index (κ1) is 21.6. The van der Waals surface area contributed by atoms with Crippen LogP contribution < -0.4 is 4.74 Å². The van der Waals surface area contributed by atoms with Crippen LogP contribution in [0.3, 0.4) is 0 Å². The van der Waals surface area contributed by atoms with Crippen molar-refractivity contribution in [2.45, 2.75) is 37.6 Å². The Hall–Kier alpha value is -2.12. The van der Waals surface area contributed by atoms with Crippen molar-refractivity contribution in [3.8, 4) is 5.75 Å². The van der Waals surface area contributed by atoms with Crippen LogP contribution in [0, 0.1) is 0 Å². The molecule has 1 aromatic carbocycles. The van der Waals surface area contributed by atoms with Gasteiger partial charge in [0.1, 0.15) is 5.75 Å². The highest BCUT2D eigenvalue weighted by Gasteiger charge is 2.46. The maximum absolute atomic E-state index is 13.0. The minimum atomic E-state index is -0.406. The molecule has 7 heteroatoms. The Bertz CT molecular complexity index is 685. The largest absolute Gasteiger partial charge is 0.497 e. The highest BCUT2D eigenvalue weighted by molar-refractivity contribution is 5.81. The van der Waals surface area contributed by atoms with E-state index in [1.54, 1.807) is 14.2 Å².